The number of rotatable bonds is 8. The summed E-state index contributed by atoms with van der Waals surface area (Å²) in [6, 6.07) is 12.6. The molecule has 0 bridgehead atoms. The molecule has 24 heavy (non-hydrogen) atoms. The van der Waals surface area contributed by atoms with Crippen LogP contribution < -0.4 is 14.8 Å². The van der Waals surface area contributed by atoms with Crippen molar-refractivity contribution < 1.29 is 19.0 Å². The summed E-state index contributed by atoms with van der Waals surface area (Å²) in [4.78, 5) is 12.5. The molecule has 0 aromatic heterocycles. The molecular formula is C19H23NO4. The minimum Gasteiger partial charge on any atom is -0.497 e. The molecule has 5 nitrogen and oxygen atoms in total. The van der Waals surface area contributed by atoms with Crippen molar-refractivity contribution in [1.29, 1.82) is 0 Å². The fraction of sp³-hybridized carbons (Fsp3) is 0.316. The van der Waals surface area contributed by atoms with Gasteiger partial charge in [0, 0.05) is 29.5 Å². The molecule has 0 saturated heterocycles. The van der Waals surface area contributed by atoms with Gasteiger partial charge in [0.1, 0.15) is 11.5 Å². The molecule has 0 fully saturated rings. The van der Waals surface area contributed by atoms with Crippen molar-refractivity contribution in [2.75, 3.05) is 25.6 Å². The molecule has 5 heteroatoms. The lowest BCUT2D eigenvalue weighted by molar-refractivity contribution is 0.102. The number of anilines is 1. The topological polar surface area (TPSA) is 56.8 Å². The van der Waals surface area contributed by atoms with Crippen molar-refractivity contribution in [3.8, 4) is 11.5 Å². The van der Waals surface area contributed by atoms with Gasteiger partial charge in [-0.15, -0.1) is 0 Å². The molecular weight excluding hydrogens is 306 g/mol. The van der Waals surface area contributed by atoms with Crippen molar-refractivity contribution in [3.63, 3.8) is 0 Å². The molecule has 128 valence electrons. The molecule has 0 heterocycles. The SMILES string of the molecule is CCOCc1cc(C(=O)Nc2cccc(OC)c2)ccc1OCC. The lowest BCUT2D eigenvalue weighted by Crippen LogP contribution is -2.13. The number of hydrogen-bond acceptors (Lipinski definition) is 4. The van der Waals surface area contributed by atoms with Crippen LogP contribution in [0.2, 0.25) is 0 Å². The van der Waals surface area contributed by atoms with Crippen molar-refractivity contribution in [2.24, 2.45) is 0 Å². The minimum absolute atomic E-state index is 0.191. The highest BCUT2D eigenvalue weighted by atomic mass is 16.5. The Labute approximate surface area is 142 Å². The molecule has 0 aliphatic carbocycles. The highest BCUT2D eigenvalue weighted by Crippen LogP contribution is 2.23. The van der Waals surface area contributed by atoms with Crippen LogP contribution in [0.25, 0.3) is 0 Å². The van der Waals surface area contributed by atoms with E-state index in [0.29, 0.717) is 36.8 Å². The molecule has 0 spiro atoms. The molecule has 2 aromatic carbocycles. The Balaban J connectivity index is 2.18. The average molecular weight is 329 g/mol. The molecule has 2 rings (SSSR count). The zero-order valence-corrected chi connectivity index (χ0v) is 14.3. The molecule has 0 aliphatic rings. The summed E-state index contributed by atoms with van der Waals surface area (Å²) < 4.78 is 16.2. The molecule has 0 atom stereocenters. The first-order valence-corrected chi connectivity index (χ1v) is 7.96. The van der Waals surface area contributed by atoms with Crippen molar-refractivity contribution in [3.05, 3.63) is 53.6 Å². The van der Waals surface area contributed by atoms with Gasteiger partial charge in [-0.25, -0.2) is 0 Å². The fourth-order valence-corrected chi connectivity index (χ4v) is 2.25. The minimum atomic E-state index is -0.191. The maximum atomic E-state index is 12.5. The Morgan fingerprint density at radius 2 is 1.92 bits per heavy atom. The zero-order chi connectivity index (χ0) is 17.4. The largest absolute Gasteiger partial charge is 0.497 e. The number of amides is 1. The van der Waals surface area contributed by atoms with E-state index < -0.39 is 0 Å². The van der Waals surface area contributed by atoms with E-state index in [1.165, 1.54) is 0 Å². The van der Waals surface area contributed by atoms with Gasteiger partial charge < -0.3 is 19.5 Å². The quantitative estimate of drug-likeness (QED) is 0.798. The van der Waals surface area contributed by atoms with Crippen LogP contribution in [0.4, 0.5) is 5.69 Å². The Morgan fingerprint density at radius 1 is 1.08 bits per heavy atom. The number of carbonyl (C=O) groups excluding carboxylic acids is 1. The van der Waals surface area contributed by atoms with E-state index in [-0.39, 0.29) is 5.91 Å². The lowest BCUT2D eigenvalue weighted by atomic mass is 10.1. The summed E-state index contributed by atoms with van der Waals surface area (Å²) in [7, 11) is 1.59. The molecule has 0 aliphatic heterocycles. The van der Waals surface area contributed by atoms with E-state index >= 15 is 0 Å². The molecule has 0 unspecified atom stereocenters. The van der Waals surface area contributed by atoms with Crippen LogP contribution in [0, 0.1) is 0 Å². The van der Waals surface area contributed by atoms with Gasteiger partial charge in [0.15, 0.2) is 0 Å². The number of methoxy groups -OCH3 is 1. The first kappa shape index (κ1) is 17.8. The smallest absolute Gasteiger partial charge is 0.255 e. The first-order valence-electron chi connectivity index (χ1n) is 7.96. The zero-order valence-electron chi connectivity index (χ0n) is 14.3. The Bertz CT molecular complexity index is 685. The Kier molecular flexibility index (Phi) is 6.63. The number of benzene rings is 2. The monoisotopic (exact) mass is 329 g/mol. The van der Waals surface area contributed by atoms with Crippen LogP contribution in [0.5, 0.6) is 11.5 Å². The van der Waals surface area contributed by atoms with Crippen LogP contribution in [-0.4, -0.2) is 26.2 Å². The van der Waals surface area contributed by atoms with Gasteiger partial charge in [-0.1, -0.05) is 6.07 Å². The van der Waals surface area contributed by atoms with E-state index in [0.717, 1.165) is 11.3 Å². The van der Waals surface area contributed by atoms with E-state index in [9.17, 15) is 4.79 Å². The molecule has 1 amide bonds. The third-order valence-corrected chi connectivity index (χ3v) is 3.41. The van der Waals surface area contributed by atoms with Crippen LogP contribution in [-0.2, 0) is 11.3 Å². The van der Waals surface area contributed by atoms with Crippen molar-refractivity contribution in [1.82, 2.24) is 0 Å². The predicted octanol–water partition coefficient (Wildman–Crippen LogP) is 3.88. The summed E-state index contributed by atoms with van der Waals surface area (Å²) in [6.07, 6.45) is 0. The summed E-state index contributed by atoms with van der Waals surface area (Å²) >= 11 is 0. The number of hydrogen-bond donors (Lipinski definition) is 1. The van der Waals surface area contributed by atoms with Gasteiger partial charge >= 0.3 is 0 Å². The normalized spacial score (nSPS) is 10.3. The predicted molar refractivity (Wildman–Crippen MR) is 93.9 cm³/mol. The van der Waals surface area contributed by atoms with Gasteiger partial charge in [0.25, 0.3) is 5.91 Å². The summed E-state index contributed by atoms with van der Waals surface area (Å²) in [5, 5.41) is 2.87. The number of carbonyl (C=O) groups is 1. The summed E-state index contributed by atoms with van der Waals surface area (Å²) in [5.74, 6) is 1.24. The molecule has 0 saturated carbocycles. The van der Waals surface area contributed by atoms with E-state index in [1.807, 2.05) is 32.0 Å². The first-order chi connectivity index (χ1) is 11.7. The highest BCUT2D eigenvalue weighted by molar-refractivity contribution is 6.04. The molecule has 0 radical (unpaired) electrons. The van der Waals surface area contributed by atoms with Crippen LogP contribution in [0.1, 0.15) is 29.8 Å². The third-order valence-electron chi connectivity index (χ3n) is 3.41. The Morgan fingerprint density at radius 3 is 2.62 bits per heavy atom. The molecule has 2 aromatic rings. The summed E-state index contributed by atoms with van der Waals surface area (Å²) in [6.45, 7) is 5.43. The van der Waals surface area contributed by atoms with Gasteiger partial charge in [-0.3, -0.25) is 4.79 Å². The highest BCUT2D eigenvalue weighted by Gasteiger charge is 2.11. The second-order valence-electron chi connectivity index (χ2n) is 5.08. The van der Waals surface area contributed by atoms with Crippen LogP contribution in [0.15, 0.2) is 42.5 Å². The van der Waals surface area contributed by atoms with E-state index in [2.05, 4.69) is 5.32 Å². The third kappa shape index (κ3) is 4.73. The number of nitrogens with one attached hydrogen (secondary N) is 1. The fourth-order valence-electron chi connectivity index (χ4n) is 2.25. The second-order valence-corrected chi connectivity index (χ2v) is 5.08. The van der Waals surface area contributed by atoms with Crippen molar-refractivity contribution >= 4 is 11.6 Å². The van der Waals surface area contributed by atoms with Gasteiger partial charge in [-0.05, 0) is 44.2 Å². The average Bonchev–Trinajstić information content (AvgIpc) is 2.61. The van der Waals surface area contributed by atoms with Crippen molar-refractivity contribution in [2.45, 2.75) is 20.5 Å². The Hall–Kier alpha value is -2.53. The molecule has 1 N–H and O–H groups in total. The standard InChI is InChI=1S/C19H23NO4/c1-4-23-13-15-11-14(9-10-18(15)24-5-2)19(21)20-16-7-6-8-17(12-16)22-3/h6-12H,4-5,13H2,1-3H3,(H,20,21). The maximum Gasteiger partial charge on any atom is 0.255 e. The van der Waals surface area contributed by atoms with Crippen LogP contribution in [0.3, 0.4) is 0 Å². The number of ether oxygens (including phenoxy) is 3. The van der Waals surface area contributed by atoms with E-state index in [4.69, 9.17) is 14.2 Å². The van der Waals surface area contributed by atoms with Gasteiger partial charge in [0.2, 0.25) is 0 Å². The van der Waals surface area contributed by atoms with Crippen LogP contribution >= 0.6 is 0 Å². The maximum absolute atomic E-state index is 12.5. The van der Waals surface area contributed by atoms with Gasteiger partial charge in [0.05, 0.1) is 20.3 Å². The van der Waals surface area contributed by atoms with E-state index in [1.54, 1.807) is 31.4 Å². The lowest BCUT2D eigenvalue weighted by Gasteiger charge is -2.12. The summed E-state index contributed by atoms with van der Waals surface area (Å²) in [5.41, 5.74) is 2.09. The second kappa shape index (κ2) is 8.93. The van der Waals surface area contributed by atoms with Gasteiger partial charge in [-0.2, -0.15) is 0 Å².